The first-order valence-corrected chi connectivity index (χ1v) is 6.79. The number of halogens is 5. The Morgan fingerprint density at radius 3 is 2.15 bits per heavy atom. The quantitative estimate of drug-likeness (QED) is 0.679. The molecular formula is C14H9BrClF3O. The van der Waals surface area contributed by atoms with Crippen molar-refractivity contribution in [3.05, 3.63) is 63.4 Å². The zero-order valence-electron chi connectivity index (χ0n) is 10.3. The highest BCUT2D eigenvalue weighted by Gasteiger charge is 2.22. The summed E-state index contributed by atoms with van der Waals surface area (Å²) in [6.45, 7) is 0. The second kappa shape index (κ2) is 6.06. The molecule has 106 valence electrons. The van der Waals surface area contributed by atoms with Gasteiger partial charge in [-0.2, -0.15) is 0 Å². The summed E-state index contributed by atoms with van der Waals surface area (Å²) in [4.78, 5) is 0. The van der Waals surface area contributed by atoms with Crippen LogP contribution in [-0.2, 0) is 0 Å². The van der Waals surface area contributed by atoms with Crippen LogP contribution in [0.15, 0.2) is 34.8 Å². The molecule has 0 amide bonds. The van der Waals surface area contributed by atoms with Gasteiger partial charge in [0.05, 0.1) is 17.0 Å². The smallest absolute Gasteiger partial charge is 0.137 e. The standard InChI is InChI=1S/C14H9BrClF3O/c1-20-8-5-11(18)13(12(19)6-8)14(16)7-2-3-10(17)9(15)4-7/h2-6,14H,1H3. The Balaban J connectivity index is 2.47. The average molecular weight is 366 g/mol. The van der Waals surface area contributed by atoms with Crippen molar-refractivity contribution >= 4 is 27.5 Å². The number of alkyl halides is 1. The third-order valence-corrected chi connectivity index (χ3v) is 3.86. The molecule has 1 atom stereocenters. The van der Waals surface area contributed by atoms with Gasteiger partial charge >= 0.3 is 0 Å². The molecular weight excluding hydrogens is 357 g/mol. The monoisotopic (exact) mass is 364 g/mol. The van der Waals surface area contributed by atoms with Crippen LogP contribution in [0.3, 0.4) is 0 Å². The van der Waals surface area contributed by atoms with Crippen LogP contribution < -0.4 is 4.74 Å². The fourth-order valence-corrected chi connectivity index (χ4v) is 2.50. The largest absolute Gasteiger partial charge is 0.497 e. The third kappa shape index (κ3) is 2.94. The van der Waals surface area contributed by atoms with Gasteiger partial charge in [-0.15, -0.1) is 11.6 Å². The van der Waals surface area contributed by atoms with E-state index in [9.17, 15) is 13.2 Å². The van der Waals surface area contributed by atoms with Crippen LogP contribution in [0.4, 0.5) is 13.2 Å². The molecule has 1 unspecified atom stereocenters. The van der Waals surface area contributed by atoms with Gasteiger partial charge in [0.15, 0.2) is 0 Å². The van der Waals surface area contributed by atoms with E-state index >= 15 is 0 Å². The summed E-state index contributed by atoms with van der Waals surface area (Å²) >= 11 is 9.10. The molecule has 0 bridgehead atoms. The zero-order valence-corrected chi connectivity index (χ0v) is 12.6. The van der Waals surface area contributed by atoms with E-state index in [0.29, 0.717) is 5.56 Å². The lowest BCUT2D eigenvalue weighted by Crippen LogP contribution is -2.02. The molecule has 0 fully saturated rings. The first-order chi connectivity index (χ1) is 9.43. The predicted molar refractivity (Wildman–Crippen MR) is 74.7 cm³/mol. The summed E-state index contributed by atoms with van der Waals surface area (Å²) in [7, 11) is 1.31. The maximum absolute atomic E-state index is 13.9. The highest BCUT2D eigenvalue weighted by molar-refractivity contribution is 9.10. The van der Waals surface area contributed by atoms with Gasteiger partial charge in [-0.1, -0.05) is 6.07 Å². The molecule has 0 spiro atoms. The van der Waals surface area contributed by atoms with E-state index < -0.39 is 22.8 Å². The van der Waals surface area contributed by atoms with Crippen molar-refractivity contribution < 1.29 is 17.9 Å². The molecule has 20 heavy (non-hydrogen) atoms. The summed E-state index contributed by atoms with van der Waals surface area (Å²) in [5.41, 5.74) is 0.0777. The summed E-state index contributed by atoms with van der Waals surface area (Å²) in [5.74, 6) is -2.05. The minimum atomic E-state index is -1.07. The predicted octanol–water partition coefficient (Wildman–Crippen LogP) is 5.20. The number of ether oxygens (including phenoxy) is 1. The summed E-state index contributed by atoms with van der Waals surface area (Å²) in [6, 6.07) is 6.03. The fourth-order valence-electron chi connectivity index (χ4n) is 1.76. The normalized spacial score (nSPS) is 12.3. The van der Waals surface area contributed by atoms with E-state index in [2.05, 4.69) is 15.9 Å². The van der Waals surface area contributed by atoms with Gasteiger partial charge < -0.3 is 4.74 Å². The Hall–Kier alpha value is -1.20. The second-order valence-electron chi connectivity index (χ2n) is 4.04. The van der Waals surface area contributed by atoms with Gasteiger partial charge in [-0.05, 0) is 33.6 Å². The van der Waals surface area contributed by atoms with Crippen LogP contribution in [0.2, 0.25) is 0 Å². The average Bonchev–Trinajstić information content (AvgIpc) is 2.40. The molecule has 0 saturated heterocycles. The maximum Gasteiger partial charge on any atom is 0.137 e. The first-order valence-electron chi connectivity index (χ1n) is 5.56. The van der Waals surface area contributed by atoms with Crippen molar-refractivity contribution in [3.63, 3.8) is 0 Å². The van der Waals surface area contributed by atoms with Gasteiger partial charge in [0.25, 0.3) is 0 Å². The fraction of sp³-hybridized carbons (Fsp3) is 0.143. The molecule has 0 aliphatic heterocycles. The highest BCUT2D eigenvalue weighted by atomic mass is 79.9. The molecule has 0 heterocycles. The molecule has 2 rings (SSSR count). The number of hydrogen-bond acceptors (Lipinski definition) is 1. The van der Waals surface area contributed by atoms with E-state index in [4.69, 9.17) is 16.3 Å². The third-order valence-electron chi connectivity index (χ3n) is 2.78. The van der Waals surface area contributed by atoms with E-state index in [0.717, 1.165) is 12.1 Å². The Kier molecular flexibility index (Phi) is 4.60. The van der Waals surface area contributed by atoms with Crippen LogP contribution in [-0.4, -0.2) is 7.11 Å². The van der Waals surface area contributed by atoms with Crippen molar-refractivity contribution in [2.45, 2.75) is 5.38 Å². The second-order valence-corrected chi connectivity index (χ2v) is 5.33. The molecule has 0 radical (unpaired) electrons. The van der Waals surface area contributed by atoms with Crippen molar-refractivity contribution in [1.82, 2.24) is 0 Å². The van der Waals surface area contributed by atoms with Crippen molar-refractivity contribution in [3.8, 4) is 5.75 Å². The minimum Gasteiger partial charge on any atom is -0.497 e. The van der Waals surface area contributed by atoms with Crippen molar-refractivity contribution in [1.29, 1.82) is 0 Å². The molecule has 0 saturated carbocycles. The maximum atomic E-state index is 13.9. The minimum absolute atomic E-state index is 0.0629. The number of hydrogen-bond donors (Lipinski definition) is 0. The van der Waals surface area contributed by atoms with E-state index in [1.165, 1.54) is 25.3 Å². The molecule has 2 aromatic carbocycles. The van der Waals surface area contributed by atoms with E-state index in [-0.39, 0.29) is 15.8 Å². The number of benzene rings is 2. The molecule has 1 nitrogen and oxygen atoms in total. The highest BCUT2D eigenvalue weighted by Crippen LogP contribution is 2.35. The summed E-state index contributed by atoms with van der Waals surface area (Å²) in [5, 5.41) is -1.07. The van der Waals surface area contributed by atoms with Gasteiger partial charge in [-0.3, -0.25) is 0 Å². The molecule has 0 aliphatic carbocycles. The van der Waals surface area contributed by atoms with E-state index in [1.54, 1.807) is 0 Å². The lowest BCUT2D eigenvalue weighted by Gasteiger charge is -2.14. The topological polar surface area (TPSA) is 9.23 Å². The number of methoxy groups -OCH3 is 1. The molecule has 0 N–H and O–H groups in total. The van der Waals surface area contributed by atoms with Crippen LogP contribution in [0.5, 0.6) is 5.75 Å². The van der Waals surface area contributed by atoms with Crippen LogP contribution in [0.1, 0.15) is 16.5 Å². The Morgan fingerprint density at radius 1 is 1.05 bits per heavy atom. The van der Waals surface area contributed by atoms with Crippen LogP contribution in [0.25, 0.3) is 0 Å². The van der Waals surface area contributed by atoms with Gasteiger partial charge in [0.2, 0.25) is 0 Å². The lowest BCUT2D eigenvalue weighted by atomic mass is 10.0. The van der Waals surface area contributed by atoms with Crippen LogP contribution in [0, 0.1) is 17.5 Å². The Labute approximate surface area is 127 Å². The SMILES string of the molecule is COc1cc(F)c(C(Cl)c2ccc(F)c(Br)c2)c(F)c1. The van der Waals surface area contributed by atoms with Crippen molar-refractivity contribution in [2.24, 2.45) is 0 Å². The molecule has 2 aromatic rings. The molecule has 0 aliphatic rings. The lowest BCUT2D eigenvalue weighted by molar-refractivity contribution is 0.405. The van der Waals surface area contributed by atoms with Gasteiger partial charge in [-0.25, -0.2) is 13.2 Å². The Morgan fingerprint density at radius 2 is 1.65 bits per heavy atom. The van der Waals surface area contributed by atoms with Gasteiger partial charge in [0.1, 0.15) is 23.2 Å². The first kappa shape index (κ1) is 15.2. The number of rotatable bonds is 3. The zero-order chi connectivity index (χ0) is 14.9. The van der Waals surface area contributed by atoms with Crippen LogP contribution >= 0.6 is 27.5 Å². The van der Waals surface area contributed by atoms with Crippen molar-refractivity contribution in [2.75, 3.05) is 7.11 Å². The van der Waals surface area contributed by atoms with E-state index in [1.807, 2.05) is 0 Å². The Bertz CT molecular complexity index is 625. The van der Waals surface area contributed by atoms with Gasteiger partial charge in [0, 0.05) is 17.7 Å². The summed E-state index contributed by atoms with van der Waals surface area (Å²) < 4.78 is 46.0. The molecule has 0 aromatic heterocycles. The summed E-state index contributed by atoms with van der Waals surface area (Å²) in [6.07, 6.45) is 0. The molecule has 6 heteroatoms.